The van der Waals surface area contributed by atoms with Crippen molar-refractivity contribution < 1.29 is 38.8 Å². The number of phenols is 2. The van der Waals surface area contributed by atoms with Crippen LogP contribution in [0.15, 0.2) is 30.3 Å². The molecule has 2 N–H and O–H groups in total. The monoisotopic (exact) mass is 410 g/mol. The molecule has 1 aliphatic heterocycles. The smallest absolute Gasteiger partial charge is 0.347 e. The Balaban J connectivity index is 2.04. The van der Waals surface area contributed by atoms with E-state index >= 15 is 0 Å². The lowest BCUT2D eigenvalue weighted by Crippen LogP contribution is -2.35. The fourth-order valence-corrected chi connectivity index (χ4v) is 3.74. The van der Waals surface area contributed by atoms with Crippen LogP contribution in [0.25, 0.3) is 21.5 Å². The Labute approximate surface area is 170 Å². The normalized spacial score (nSPS) is 15.5. The van der Waals surface area contributed by atoms with E-state index in [1.807, 2.05) is 0 Å². The number of ether oxygens (including phenoxy) is 3. The van der Waals surface area contributed by atoms with E-state index in [0.717, 1.165) is 0 Å². The van der Waals surface area contributed by atoms with Crippen molar-refractivity contribution in [1.29, 1.82) is 0 Å². The number of esters is 3. The lowest BCUT2D eigenvalue weighted by molar-refractivity contribution is -0.153. The molecule has 0 radical (unpaired) electrons. The van der Waals surface area contributed by atoms with Gasteiger partial charge in [-0.05, 0) is 18.4 Å². The summed E-state index contributed by atoms with van der Waals surface area (Å²) in [7, 11) is 0. The molecule has 1 unspecified atom stereocenters. The molecule has 8 heteroatoms. The van der Waals surface area contributed by atoms with Gasteiger partial charge < -0.3 is 24.4 Å². The van der Waals surface area contributed by atoms with Crippen LogP contribution in [0, 0.1) is 0 Å². The van der Waals surface area contributed by atoms with Crippen LogP contribution in [0.4, 0.5) is 0 Å². The van der Waals surface area contributed by atoms with E-state index in [2.05, 4.69) is 0 Å². The summed E-state index contributed by atoms with van der Waals surface area (Å²) in [5.74, 6) is -3.13. The number of rotatable bonds is 3. The second-order valence-corrected chi connectivity index (χ2v) is 6.84. The lowest BCUT2D eigenvalue weighted by atomic mass is 9.90. The first kappa shape index (κ1) is 19.5. The minimum atomic E-state index is -1.24. The summed E-state index contributed by atoms with van der Waals surface area (Å²) in [4.78, 5) is 36.4. The third kappa shape index (κ3) is 2.97. The van der Waals surface area contributed by atoms with Gasteiger partial charge in [0.25, 0.3) is 0 Å². The van der Waals surface area contributed by atoms with Gasteiger partial charge in [0.15, 0.2) is 0 Å². The Bertz CT molecular complexity index is 1230. The Morgan fingerprint density at radius 3 is 2.60 bits per heavy atom. The van der Waals surface area contributed by atoms with E-state index in [4.69, 9.17) is 14.2 Å². The van der Waals surface area contributed by atoms with E-state index in [9.17, 15) is 24.6 Å². The Hall–Kier alpha value is -3.81. The molecule has 0 bridgehead atoms. The Kier molecular flexibility index (Phi) is 4.69. The predicted octanol–water partition coefficient (Wildman–Crippen LogP) is 2.97. The number of cyclic esters (lactones) is 1. The summed E-state index contributed by atoms with van der Waals surface area (Å²) in [5, 5.41) is 23.3. The van der Waals surface area contributed by atoms with Crippen LogP contribution in [0.3, 0.4) is 0 Å². The zero-order chi connectivity index (χ0) is 21.6. The number of hydrogen-bond donors (Lipinski definition) is 2. The van der Waals surface area contributed by atoms with Crippen molar-refractivity contribution >= 4 is 39.5 Å². The molecular weight excluding hydrogens is 392 g/mol. The first-order valence-electron chi connectivity index (χ1n) is 9.31. The van der Waals surface area contributed by atoms with Gasteiger partial charge in [0, 0.05) is 29.7 Å². The van der Waals surface area contributed by atoms with E-state index in [0.29, 0.717) is 10.8 Å². The maximum absolute atomic E-state index is 12.6. The Morgan fingerprint density at radius 2 is 1.90 bits per heavy atom. The standard InChI is InChI=1S/C22H18O8/c1-3-28-21(26)15-9-14-17(22(27)30-15)19(25)16-13(18(14)24)8-11-6-4-5-7-12(11)20(16)29-10(2)23/h4-8,15,24-25H,3,9H2,1-2H3. The average Bonchev–Trinajstić information content (AvgIpc) is 2.71. The van der Waals surface area contributed by atoms with E-state index < -0.39 is 29.8 Å². The number of carbonyl (C=O) groups is 3. The number of carbonyl (C=O) groups excluding carboxylic acids is 3. The molecule has 0 saturated carbocycles. The van der Waals surface area contributed by atoms with Gasteiger partial charge in [0.2, 0.25) is 6.10 Å². The van der Waals surface area contributed by atoms with Gasteiger partial charge in [-0.3, -0.25) is 4.79 Å². The topological polar surface area (TPSA) is 119 Å². The highest BCUT2D eigenvalue weighted by atomic mass is 16.6. The number of fused-ring (bicyclic) bond motifs is 3. The SMILES string of the molecule is CCOC(=O)C1Cc2c(c(O)c3c(OC(C)=O)c4ccccc4cc3c2O)C(=O)O1. The van der Waals surface area contributed by atoms with E-state index in [-0.39, 0.29) is 46.4 Å². The molecule has 1 aliphatic rings. The molecule has 1 atom stereocenters. The van der Waals surface area contributed by atoms with Crippen LogP contribution in [0.2, 0.25) is 0 Å². The van der Waals surface area contributed by atoms with Crippen molar-refractivity contribution in [3.63, 3.8) is 0 Å². The summed E-state index contributed by atoms with van der Waals surface area (Å²) in [6.07, 6.45) is -1.40. The first-order valence-corrected chi connectivity index (χ1v) is 9.31. The molecule has 8 nitrogen and oxygen atoms in total. The Morgan fingerprint density at radius 1 is 1.17 bits per heavy atom. The zero-order valence-electron chi connectivity index (χ0n) is 16.2. The molecule has 30 heavy (non-hydrogen) atoms. The number of aromatic hydroxyl groups is 2. The molecule has 154 valence electrons. The number of hydrogen-bond acceptors (Lipinski definition) is 8. The van der Waals surface area contributed by atoms with Gasteiger partial charge in [-0.15, -0.1) is 0 Å². The second kappa shape index (κ2) is 7.22. The van der Waals surface area contributed by atoms with Crippen LogP contribution in [-0.2, 0) is 25.5 Å². The molecular formula is C22H18O8. The first-order chi connectivity index (χ1) is 14.3. The second-order valence-electron chi connectivity index (χ2n) is 6.84. The van der Waals surface area contributed by atoms with Crippen molar-refractivity contribution in [3.8, 4) is 17.2 Å². The number of phenolic OH excluding ortho intramolecular Hbond substituents is 2. The molecule has 1 heterocycles. The lowest BCUT2D eigenvalue weighted by Gasteiger charge is -2.26. The highest BCUT2D eigenvalue weighted by Crippen LogP contribution is 2.48. The molecule has 0 fully saturated rings. The molecule has 0 amide bonds. The summed E-state index contributed by atoms with van der Waals surface area (Å²) in [6, 6.07) is 8.57. The maximum atomic E-state index is 12.6. The van der Waals surface area contributed by atoms with E-state index in [1.54, 1.807) is 37.3 Å². The highest BCUT2D eigenvalue weighted by Gasteiger charge is 2.38. The van der Waals surface area contributed by atoms with Gasteiger partial charge in [0.1, 0.15) is 22.8 Å². The summed E-state index contributed by atoms with van der Waals surface area (Å²) >= 11 is 0. The predicted molar refractivity (Wildman–Crippen MR) is 106 cm³/mol. The zero-order valence-corrected chi connectivity index (χ0v) is 16.2. The molecule has 0 saturated heterocycles. The van der Waals surface area contributed by atoms with Gasteiger partial charge in [0.05, 0.1) is 12.0 Å². The summed E-state index contributed by atoms with van der Waals surface area (Å²) < 4.78 is 15.4. The van der Waals surface area contributed by atoms with Crippen LogP contribution >= 0.6 is 0 Å². The van der Waals surface area contributed by atoms with Gasteiger partial charge >= 0.3 is 17.9 Å². The maximum Gasteiger partial charge on any atom is 0.347 e. The van der Waals surface area contributed by atoms with Crippen molar-refractivity contribution in [2.45, 2.75) is 26.4 Å². The fourth-order valence-electron chi connectivity index (χ4n) is 3.74. The molecule has 3 aromatic rings. The van der Waals surface area contributed by atoms with Crippen LogP contribution in [-0.4, -0.2) is 40.8 Å². The van der Waals surface area contributed by atoms with Crippen LogP contribution in [0.5, 0.6) is 17.2 Å². The highest BCUT2D eigenvalue weighted by molar-refractivity contribution is 6.15. The summed E-state index contributed by atoms with van der Waals surface area (Å²) in [5.41, 5.74) is -0.206. The van der Waals surface area contributed by atoms with Crippen molar-refractivity contribution in [1.82, 2.24) is 0 Å². The minimum Gasteiger partial charge on any atom is -0.507 e. The third-order valence-electron chi connectivity index (χ3n) is 4.96. The third-order valence-corrected chi connectivity index (χ3v) is 4.96. The van der Waals surface area contributed by atoms with Crippen molar-refractivity contribution in [2.75, 3.05) is 6.61 Å². The van der Waals surface area contributed by atoms with Gasteiger partial charge in [-0.25, -0.2) is 9.59 Å². The molecule has 0 aromatic heterocycles. The average molecular weight is 410 g/mol. The van der Waals surface area contributed by atoms with E-state index in [1.165, 1.54) is 6.92 Å². The number of benzene rings is 3. The molecule has 3 aromatic carbocycles. The molecule has 0 spiro atoms. The van der Waals surface area contributed by atoms with Crippen LogP contribution < -0.4 is 4.74 Å². The quantitative estimate of drug-likeness (QED) is 0.293. The van der Waals surface area contributed by atoms with Gasteiger partial charge in [-0.2, -0.15) is 0 Å². The molecule has 0 aliphatic carbocycles. The van der Waals surface area contributed by atoms with Gasteiger partial charge in [-0.1, -0.05) is 24.3 Å². The summed E-state index contributed by atoms with van der Waals surface area (Å²) in [6.45, 7) is 2.93. The van der Waals surface area contributed by atoms with Crippen LogP contribution in [0.1, 0.15) is 29.8 Å². The largest absolute Gasteiger partial charge is 0.507 e. The fraction of sp³-hybridized carbons (Fsp3) is 0.227. The van der Waals surface area contributed by atoms with Crippen molar-refractivity contribution in [3.05, 3.63) is 41.5 Å². The molecule has 4 rings (SSSR count). The minimum absolute atomic E-state index is 0.00619. The van der Waals surface area contributed by atoms with Crippen molar-refractivity contribution in [2.24, 2.45) is 0 Å².